The molecule has 0 bridgehead atoms. The molecule has 1 heterocycles. The van der Waals surface area contributed by atoms with Crippen LogP contribution < -0.4 is 5.32 Å². The number of hydrogen-bond donors (Lipinski definition) is 3. The Labute approximate surface area is 207 Å². The number of fused-ring (bicyclic) bond motifs is 1. The van der Waals surface area contributed by atoms with Crippen LogP contribution in [-0.4, -0.2) is 82.2 Å². The van der Waals surface area contributed by atoms with Crippen molar-refractivity contribution in [1.29, 1.82) is 0 Å². The van der Waals surface area contributed by atoms with Gasteiger partial charge < -0.3 is 15.3 Å². The number of hydrogen-bond acceptors (Lipinski definition) is 6. The Balaban J connectivity index is 2.34. The second kappa shape index (κ2) is 13.2. The van der Waals surface area contributed by atoms with Crippen molar-refractivity contribution in [2.24, 2.45) is 5.92 Å². The first-order valence-corrected chi connectivity index (χ1v) is 13.4. The van der Waals surface area contributed by atoms with E-state index >= 15 is 0 Å². The van der Waals surface area contributed by atoms with Crippen LogP contribution in [-0.2, 0) is 27.3 Å². The Morgan fingerprint density at radius 1 is 1.27 bits per heavy atom. The molecule has 0 saturated carbocycles. The first-order valence-electron chi connectivity index (χ1n) is 11.4. The average molecular weight is 496 g/mol. The van der Waals surface area contributed by atoms with E-state index in [4.69, 9.17) is 0 Å². The Morgan fingerprint density at radius 3 is 2.52 bits per heavy atom. The van der Waals surface area contributed by atoms with Gasteiger partial charge in [0, 0.05) is 13.0 Å². The highest BCUT2D eigenvalue weighted by atomic mass is 32.2. The Morgan fingerprint density at radius 2 is 1.94 bits per heavy atom. The van der Waals surface area contributed by atoms with Gasteiger partial charge in [0.2, 0.25) is 11.8 Å². The van der Waals surface area contributed by atoms with Gasteiger partial charge in [-0.05, 0) is 61.2 Å². The van der Waals surface area contributed by atoms with Crippen LogP contribution in [0.25, 0.3) is 0 Å². The Hall–Kier alpha value is -1.71. The SMILES string of the molecule is CSCC[C@H](NC(=O)[C@H]1Cc2ccccc2CN1C(=O)[C@H](C(C)C)N(C)CCCS)C(=O)O. The molecule has 9 heteroatoms. The fourth-order valence-electron chi connectivity index (χ4n) is 4.36. The zero-order valence-corrected chi connectivity index (χ0v) is 21.7. The van der Waals surface area contributed by atoms with Crippen LogP contribution in [0, 0.1) is 5.92 Å². The number of thiol groups is 1. The molecule has 33 heavy (non-hydrogen) atoms. The molecule has 1 aliphatic heterocycles. The summed E-state index contributed by atoms with van der Waals surface area (Å²) in [4.78, 5) is 42.6. The zero-order valence-electron chi connectivity index (χ0n) is 20.0. The predicted molar refractivity (Wildman–Crippen MR) is 137 cm³/mol. The lowest BCUT2D eigenvalue weighted by atomic mass is 9.91. The van der Waals surface area contributed by atoms with E-state index in [-0.39, 0.29) is 17.9 Å². The van der Waals surface area contributed by atoms with Crippen molar-refractivity contribution in [3.63, 3.8) is 0 Å². The summed E-state index contributed by atoms with van der Waals surface area (Å²) in [5, 5.41) is 12.3. The molecule has 184 valence electrons. The lowest BCUT2D eigenvalue weighted by molar-refractivity contribution is -0.148. The van der Waals surface area contributed by atoms with E-state index in [9.17, 15) is 19.5 Å². The van der Waals surface area contributed by atoms with E-state index in [0.29, 0.717) is 25.1 Å². The normalized spacial score (nSPS) is 17.5. The molecule has 0 unspecified atom stereocenters. The summed E-state index contributed by atoms with van der Waals surface area (Å²) in [6.45, 7) is 5.08. The maximum absolute atomic E-state index is 13.8. The van der Waals surface area contributed by atoms with Gasteiger partial charge in [0.05, 0.1) is 6.04 Å². The minimum absolute atomic E-state index is 0.0524. The maximum atomic E-state index is 13.8. The summed E-state index contributed by atoms with van der Waals surface area (Å²) in [5.41, 5.74) is 2.04. The number of benzene rings is 1. The summed E-state index contributed by atoms with van der Waals surface area (Å²) < 4.78 is 0. The summed E-state index contributed by atoms with van der Waals surface area (Å²) in [6.07, 6.45) is 3.46. The standard InChI is InChI=1S/C24H37N3O4S2/c1-16(2)21(26(3)11-7-12-32)23(29)27-15-18-9-6-5-8-17(18)14-20(27)22(28)25-19(24(30)31)10-13-33-4/h5-6,8-9,16,19-21,32H,7,10-15H2,1-4H3,(H,25,28)(H,30,31)/t19-,20+,21-/m0/s1. The largest absolute Gasteiger partial charge is 0.480 e. The average Bonchev–Trinajstić information content (AvgIpc) is 2.78. The number of nitrogens with one attached hydrogen (secondary N) is 1. The number of aliphatic carboxylic acids is 1. The molecule has 0 aliphatic carbocycles. The molecule has 0 saturated heterocycles. The van der Waals surface area contributed by atoms with E-state index in [1.54, 1.807) is 4.90 Å². The molecule has 1 aromatic rings. The van der Waals surface area contributed by atoms with Crippen molar-refractivity contribution in [3.05, 3.63) is 35.4 Å². The Kier molecular flexibility index (Phi) is 11.1. The number of carbonyl (C=O) groups excluding carboxylic acids is 2. The van der Waals surface area contributed by atoms with Crippen LogP contribution in [0.2, 0.25) is 0 Å². The number of carboxylic acids is 1. The quantitative estimate of drug-likeness (QED) is 0.386. The first-order chi connectivity index (χ1) is 15.7. The Bertz CT molecular complexity index is 821. The van der Waals surface area contributed by atoms with E-state index < -0.39 is 24.0 Å². The van der Waals surface area contributed by atoms with Gasteiger partial charge in [0.15, 0.2) is 0 Å². The van der Waals surface area contributed by atoms with Gasteiger partial charge in [-0.25, -0.2) is 4.79 Å². The summed E-state index contributed by atoms with van der Waals surface area (Å²) in [5.74, 6) is -0.157. The van der Waals surface area contributed by atoms with Gasteiger partial charge in [-0.1, -0.05) is 38.1 Å². The number of thioether (sulfide) groups is 1. The van der Waals surface area contributed by atoms with E-state index in [2.05, 4.69) is 17.9 Å². The molecule has 1 aliphatic rings. The van der Waals surface area contributed by atoms with Crippen molar-refractivity contribution in [1.82, 2.24) is 15.1 Å². The van der Waals surface area contributed by atoms with Crippen LogP contribution in [0.4, 0.5) is 0 Å². The fraction of sp³-hybridized carbons (Fsp3) is 0.625. The molecule has 2 amide bonds. The smallest absolute Gasteiger partial charge is 0.326 e. The van der Waals surface area contributed by atoms with Crippen LogP contribution in [0.1, 0.15) is 37.8 Å². The van der Waals surface area contributed by atoms with Crippen molar-refractivity contribution >= 4 is 42.2 Å². The van der Waals surface area contributed by atoms with Crippen LogP contribution in [0.5, 0.6) is 0 Å². The third-order valence-electron chi connectivity index (χ3n) is 6.09. The molecular formula is C24H37N3O4S2. The maximum Gasteiger partial charge on any atom is 0.326 e. The number of likely N-dealkylation sites (N-methyl/N-ethyl adjacent to an activating group) is 1. The molecule has 0 aromatic heterocycles. The second-order valence-electron chi connectivity index (χ2n) is 8.88. The van der Waals surface area contributed by atoms with Gasteiger partial charge in [0.25, 0.3) is 0 Å². The fourth-order valence-corrected chi connectivity index (χ4v) is 4.97. The molecule has 2 N–H and O–H groups in total. The predicted octanol–water partition coefficient (Wildman–Crippen LogP) is 2.54. The molecular weight excluding hydrogens is 458 g/mol. The number of nitrogens with zero attached hydrogens (tertiary/aromatic N) is 2. The second-order valence-corrected chi connectivity index (χ2v) is 10.3. The first kappa shape index (κ1) is 27.5. The van der Waals surface area contributed by atoms with Crippen LogP contribution >= 0.6 is 24.4 Å². The summed E-state index contributed by atoms with van der Waals surface area (Å²) in [6, 6.07) is 5.71. The molecule has 0 spiro atoms. The van der Waals surface area contributed by atoms with Crippen LogP contribution in [0.3, 0.4) is 0 Å². The topological polar surface area (TPSA) is 90.0 Å². The van der Waals surface area contributed by atoms with Crippen molar-refractivity contribution in [2.75, 3.05) is 31.4 Å². The monoisotopic (exact) mass is 495 g/mol. The van der Waals surface area contributed by atoms with Crippen molar-refractivity contribution in [2.45, 2.75) is 57.8 Å². The number of rotatable bonds is 12. The van der Waals surface area contributed by atoms with Gasteiger partial charge in [-0.3, -0.25) is 14.5 Å². The molecule has 7 nitrogen and oxygen atoms in total. The minimum atomic E-state index is -1.06. The highest BCUT2D eigenvalue weighted by Gasteiger charge is 2.40. The van der Waals surface area contributed by atoms with Crippen molar-refractivity contribution in [3.8, 4) is 0 Å². The third-order valence-corrected chi connectivity index (χ3v) is 7.05. The molecule has 2 rings (SSSR count). The van der Waals surface area contributed by atoms with Gasteiger partial charge >= 0.3 is 5.97 Å². The van der Waals surface area contributed by atoms with E-state index in [1.807, 2.05) is 56.3 Å². The summed E-state index contributed by atoms with van der Waals surface area (Å²) >= 11 is 5.82. The lowest BCUT2D eigenvalue weighted by Crippen LogP contribution is -2.59. The third kappa shape index (κ3) is 7.39. The van der Waals surface area contributed by atoms with Crippen molar-refractivity contribution < 1.29 is 19.5 Å². The highest BCUT2D eigenvalue weighted by molar-refractivity contribution is 7.98. The molecule has 0 fully saturated rings. The number of carbonyl (C=O) groups is 3. The highest BCUT2D eigenvalue weighted by Crippen LogP contribution is 2.26. The van der Waals surface area contributed by atoms with Gasteiger partial charge in [-0.15, -0.1) is 0 Å². The minimum Gasteiger partial charge on any atom is -0.480 e. The summed E-state index contributed by atoms with van der Waals surface area (Å²) in [7, 11) is 1.93. The molecule has 0 radical (unpaired) electrons. The van der Waals surface area contributed by atoms with E-state index in [1.165, 1.54) is 11.8 Å². The molecule has 3 atom stereocenters. The van der Waals surface area contributed by atoms with E-state index in [0.717, 1.165) is 29.8 Å². The van der Waals surface area contributed by atoms with Crippen LogP contribution in [0.15, 0.2) is 24.3 Å². The number of carboxylic acid groups (broad SMARTS) is 1. The number of amides is 2. The van der Waals surface area contributed by atoms with Gasteiger partial charge in [0.1, 0.15) is 12.1 Å². The molecule has 1 aromatic carbocycles. The van der Waals surface area contributed by atoms with Gasteiger partial charge in [-0.2, -0.15) is 24.4 Å². The lowest BCUT2D eigenvalue weighted by Gasteiger charge is -2.41. The zero-order chi connectivity index (χ0) is 24.5.